The molecular weight excluding hydrogens is 226 g/mol. The van der Waals surface area contributed by atoms with E-state index < -0.39 is 17.9 Å². The summed E-state index contributed by atoms with van der Waals surface area (Å²) in [4.78, 5) is 22.3. The van der Waals surface area contributed by atoms with Crippen molar-refractivity contribution in [1.29, 1.82) is 0 Å². The molecule has 1 N–H and O–H groups in total. The largest absolute Gasteiger partial charge is 0.450 e. The van der Waals surface area contributed by atoms with E-state index in [0.717, 1.165) is 0 Å². The molecular formula is C11H15NO5. The van der Waals surface area contributed by atoms with Crippen molar-refractivity contribution in [2.45, 2.75) is 38.8 Å². The van der Waals surface area contributed by atoms with Crippen LogP contribution < -0.4 is 5.32 Å². The standard InChI is InChI=1S/C11H15NO5/c1-6(13)12-7-4-8(16-10(7)14)9-5-15-11(2,3)17-9/h4,8-9H,5H2,1-3H3,(H,12,13)/t8-,9+/m0/s1. The molecule has 2 rings (SSSR count). The zero-order valence-corrected chi connectivity index (χ0v) is 9.98. The molecule has 1 fully saturated rings. The Labute approximate surface area is 98.9 Å². The number of cyclic esters (lactones) is 1. The van der Waals surface area contributed by atoms with Crippen molar-refractivity contribution in [3.8, 4) is 0 Å². The second-order valence-corrected chi connectivity index (χ2v) is 4.50. The summed E-state index contributed by atoms with van der Waals surface area (Å²) < 4.78 is 16.1. The van der Waals surface area contributed by atoms with Crippen molar-refractivity contribution < 1.29 is 23.8 Å². The minimum Gasteiger partial charge on any atom is -0.450 e. The van der Waals surface area contributed by atoms with Crippen LogP contribution in [0.25, 0.3) is 0 Å². The van der Waals surface area contributed by atoms with Crippen LogP contribution >= 0.6 is 0 Å². The first kappa shape index (κ1) is 12.1. The molecule has 0 saturated carbocycles. The summed E-state index contributed by atoms with van der Waals surface area (Å²) in [5.41, 5.74) is 0.163. The van der Waals surface area contributed by atoms with Crippen LogP contribution in [0, 0.1) is 0 Å². The fraction of sp³-hybridized carbons (Fsp3) is 0.636. The van der Waals surface area contributed by atoms with Crippen LogP contribution in [0.15, 0.2) is 11.8 Å². The molecule has 0 aromatic heterocycles. The van der Waals surface area contributed by atoms with E-state index in [4.69, 9.17) is 14.2 Å². The maximum atomic E-state index is 11.4. The van der Waals surface area contributed by atoms with Crippen LogP contribution in [0.4, 0.5) is 0 Å². The molecule has 2 heterocycles. The van der Waals surface area contributed by atoms with Crippen molar-refractivity contribution in [3.05, 3.63) is 11.8 Å². The molecule has 0 bridgehead atoms. The van der Waals surface area contributed by atoms with E-state index in [2.05, 4.69) is 5.32 Å². The summed E-state index contributed by atoms with van der Waals surface area (Å²) in [7, 11) is 0. The average Bonchev–Trinajstić information content (AvgIpc) is 2.70. The molecule has 2 atom stereocenters. The van der Waals surface area contributed by atoms with Crippen LogP contribution in [0.5, 0.6) is 0 Å². The number of carbonyl (C=O) groups is 2. The Morgan fingerprint density at radius 2 is 2.24 bits per heavy atom. The third-order valence-corrected chi connectivity index (χ3v) is 2.50. The lowest BCUT2D eigenvalue weighted by Crippen LogP contribution is -2.30. The molecule has 0 aromatic rings. The van der Waals surface area contributed by atoms with E-state index >= 15 is 0 Å². The fourth-order valence-electron chi connectivity index (χ4n) is 1.80. The molecule has 6 nitrogen and oxygen atoms in total. The summed E-state index contributed by atoms with van der Waals surface area (Å²) in [6.45, 7) is 5.28. The van der Waals surface area contributed by atoms with Crippen LogP contribution in [0.3, 0.4) is 0 Å². The van der Waals surface area contributed by atoms with Crippen molar-refractivity contribution in [3.63, 3.8) is 0 Å². The third kappa shape index (κ3) is 2.65. The van der Waals surface area contributed by atoms with Crippen LogP contribution in [0.1, 0.15) is 20.8 Å². The Kier molecular flexibility index (Phi) is 2.92. The number of rotatable bonds is 2. The molecule has 1 amide bonds. The molecule has 1 saturated heterocycles. The zero-order chi connectivity index (χ0) is 12.6. The lowest BCUT2D eigenvalue weighted by atomic mass is 10.2. The first-order valence-corrected chi connectivity index (χ1v) is 5.39. The molecule has 0 spiro atoms. The number of hydrogen-bond donors (Lipinski definition) is 1. The normalized spacial score (nSPS) is 31.0. The van der Waals surface area contributed by atoms with Crippen LogP contribution in [-0.4, -0.2) is 36.5 Å². The minimum absolute atomic E-state index is 0.163. The third-order valence-electron chi connectivity index (χ3n) is 2.50. The average molecular weight is 241 g/mol. The number of ether oxygens (including phenoxy) is 3. The fourth-order valence-corrected chi connectivity index (χ4v) is 1.80. The Hall–Kier alpha value is -1.40. The van der Waals surface area contributed by atoms with Crippen molar-refractivity contribution >= 4 is 11.9 Å². The highest BCUT2D eigenvalue weighted by Crippen LogP contribution is 2.28. The van der Waals surface area contributed by atoms with Crippen LogP contribution in [0.2, 0.25) is 0 Å². The zero-order valence-electron chi connectivity index (χ0n) is 9.98. The van der Waals surface area contributed by atoms with Crippen molar-refractivity contribution in [1.82, 2.24) is 5.32 Å². The van der Waals surface area contributed by atoms with Gasteiger partial charge in [0.1, 0.15) is 11.8 Å². The molecule has 2 aliphatic heterocycles. The SMILES string of the molecule is CC(=O)NC1=C[C@@H]([C@H]2COC(C)(C)O2)OC1=O. The highest BCUT2D eigenvalue weighted by molar-refractivity contribution is 5.95. The Morgan fingerprint density at radius 3 is 2.76 bits per heavy atom. The van der Waals surface area contributed by atoms with Gasteiger partial charge < -0.3 is 19.5 Å². The van der Waals surface area contributed by atoms with Gasteiger partial charge in [0.25, 0.3) is 0 Å². The first-order valence-electron chi connectivity index (χ1n) is 5.39. The maximum absolute atomic E-state index is 11.4. The van der Waals surface area contributed by atoms with Crippen molar-refractivity contribution in [2.24, 2.45) is 0 Å². The molecule has 94 valence electrons. The molecule has 0 radical (unpaired) electrons. The van der Waals surface area contributed by atoms with Gasteiger partial charge in [-0.25, -0.2) is 4.79 Å². The van der Waals surface area contributed by atoms with Gasteiger partial charge in [-0.05, 0) is 19.9 Å². The van der Waals surface area contributed by atoms with Gasteiger partial charge in [-0.3, -0.25) is 4.79 Å². The topological polar surface area (TPSA) is 73.9 Å². The van der Waals surface area contributed by atoms with Gasteiger partial charge in [0, 0.05) is 6.92 Å². The second-order valence-electron chi connectivity index (χ2n) is 4.50. The highest BCUT2D eigenvalue weighted by Gasteiger charge is 2.41. The van der Waals surface area contributed by atoms with Crippen LogP contribution in [-0.2, 0) is 23.8 Å². The van der Waals surface area contributed by atoms with Gasteiger partial charge in [0.2, 0.25) is 5.91 Å². The predicted octanol–water partition coefficient (Wildman–Crippen LogP) is 0.0833. The lowest BCUT2D eigenvalue weighted by Gasteiger charge is -2.19. The number of esters is 1. The molecule has 17 heavy (non-hydrogen) atoms. The maximum Gasteiger partial charge on any atom is 0.355 e. The first-order chi connectivity index (χ1) is 7.87. The second kappa shape index (κ2) is 4.12. The summed E-state index contributed by atoms with van der Waals surface area (Å²) in [5, 5.41) is 2.42. The number of carbonyl (C=O) groups excluding carboxylic acids is 2. The molecule has 2 aliphatic rings. The number of amides is 1. The summed E-state index contributed by atoms with van der Waals surface area (Å²) in [6, 6.07) is 0. The number of nitrogens with one attached hydrogen (secondary N) is 1. The lowest BCUT2D eigenvalue weighted by molar-refractivity contribution is -0.160. The Bertz CT molecular complexity index is 387. The Morgan fingerprint density at radius 1 is 1.53 bits per heavy atom. The highest BCUT2D eigenvalue weighted by atomic mass is 16.8. The van der Waals surface area contributed by atoms with Gasteiger partial charge in [-0.2, -0.15) is 0 Å². The van der Waals surface area contributed by atoms with Gasteiger partial charge in [-0.15, -0.1) is 0 Å². The quantitative estimate of drug-likeness (QED) is 0.693. The van der Waals surface area contributed by atoms with Gasteiger partial charge in [0.05, 0.1) is 6.61 Å². The van der Waals surface area contributed by atoms with Crippen molar-refractivity contribution in [2.75, 3.05) is 6.61 Å². The number of hydrogen-bond acceptors (Lipinski definition) is 5. The molecule has 0 aromatic carbocycles. The van der Waals surface area contributed by atoms with Gasteiger partial charge in [0.15, 0.2) is 11.9 Å². The Balaban J connectivity index is 2.03. The van der Waals surface area contributed by atoms with E-state index in [9.17, 15) is 9.59 Å². The van der Waals surface area contributed by atoms with E-state index in [-0.39, 0.29) is 17.7 Å². The van der Waals surface area contributed by atoms with E-state index in [1.807, 2.05) is 0 Å². The van der Waals surface area contributed by atoms with E-state index in [1.54, 1.807) is 19.9 Å². The van der Waals surface area contributed by atoms with Gasteiger partial charge in [-0.1, -0.05) is 0 Å². The summed E-state index contributed by atoms with van der Waals surface area (Å²) >= 11 is 0. The van der Waals surface area contributed by atoms with E-state index in [1.165, 1.54) is 6.92 Å². The molecule has 6 heteroatoms. The monoisotopic (exact) mass is 241 g/mol. The smallest absolute Gasteiger partial charge is 0.355 e. The minimum atomic E-state index is -0.665. The summed E-state index contributed by atoms with van der Waals surface area (Å²) in [5.74, 6) is -1.52. The molecule has 0 unspecified atom stereocenters. The van der Waals surface area contributed by atoms with Gasteiger partial charge >= 0.3 is 5.97 Å². The summed E-state index contributed by atoms with van der Waals surface area (Å²) in [6.07, 6.45) is 0.713. The van der Waals surface area contributed by atoms with E-state index in [0.29, 0.717) is 6.61 Å². The predicted molar refractivity (Wildman–Crippen MR) is 56.7 cm³/mol. The molecule has 0 aliphatic carbocycles.